The summed E-state index contributed by atoms with van der Waals surface area (Å²) in [6.45, 7) is 4.39. The van der Waals surface area contributed by atoms with Crippen molar-refractivity contribution in [3.8, 4) is 0 Å². The molecule has 2 nitrogen and oxygen atoms in total. The minimum absolute atomic E-state index is 0.0346. The van der Waals surface area contributed by atoms with E-state index in [1.165, 1.54) is 37.7 Å². The third-order valence-corrected chi connectivity index (χ3v) is 7.12. The Bertz CT molecular complexity index is 406. The summed E-state index contributed by atoms with van der Waals surface area (Å²) in [5.41, 5.74) is 0. The van der Waals surface area contributed by atoms with Crippen molar-refractivity contribution >= 4 is 12.0 Å². The molecule has 106 valence electrons. The van der Waals surface area contributed by atoms with E-state index in [9.17, 15) is 0 Å². The molecule has 0 aliphatic heterocycles. The molecule has 1 N–H and O–H groups in total. The first-order valence-corrected chi connectivity index (χ1v) is 8.51. The Morgan fingerprint density at radius 2 is 1.89 bits per heavy atom. The molecule has 0 saturated heterocycles. The molecular weight excluding hydrogens is 256 g/mol. The van der Waals surface area contributed by atoms with Crippen LogP contribution in [0.15, 0.2) is 12.2 Å². The van der Waals surface area contributed by atoms with Crippen LogP contribution in [-0.4, -0.2) is 10.0 Å². The van der Waals surface area contributed by atoms with Crippen LogP contribution >= 0.6 is 12.0 Å². The van der Waals surface area contributed by atoms with E-state index in [4.69, 9.17) is 5.26 Å². The van der Waals surface area contributed by atoms with Crippen molar-refractivity contribution in [2.45, 2.75) is 44.3 Å². The highest BCUT2D eigenvalue weighted by molar-refractivity contribution is 7.95. The largest absolute Gasteiger partial charge is 0.239 e. The number of rotatable bonds is 4. The number of fused-ring (bicyclic) bond motifs is 9. The van der Waals surface area contributed by atoms with Crippen LogP contribution in [-0.2, 0) is 4.33 Å². The van der Waals surface area contributed by atoms with E-state index in [0.29, 0.717) is 0 Å². The van der Waals surface area contributed by atoms with Gasteiger partial charge in [-0.3, -0.25) is 0 Å². The lowest BCUT2D eigenvalue weighted by molar-refractivity contribution is -0.118. The minimum Gasteiger partial charge on any atom is -0.239 e. The Morgan fingerprint density at radius 3 is 2.63 bits per heavy atom. The maximum Gasteiger partial charge on any atom is 0.0400 e. The van der Waals surface area contributed by atoms with Crippen molar-refractivity contribution in [3.05, 3.63) is 12.2 Å². The third kappa shape index (κ3) is 1.85. The molecular formula is C16H24O2S. The van der Waals surface area contributed by atoms with Gasteiger partial charge >= 0.3 is 0 Å². The summed E-state index contributed by atoms with van der Waals surface area (Å²) < 4.78 is 4.37. The number of hydrogen-bond acceptors (Lipinski definition) is 3. The standard InChI is InChI=1S/C16H24O2S/c1-16(2,19-18-17)8-12-6-11-7-13(12)15-10-4-3-9(5-10)14(11)15/h3-4,9-15,17H,5-8H2,1-2H3. The fourth-order valence-electron chi connectivity index (χ4n) is 6.15. The highest BCUT2D eigenvalue weighted by Gasteiger charge is 2.61. The molecule has 4 aliphatic carbocycles. The van der Waals surface area contributed by atoms with E-state index in [0.717, 1.165) is 41.4 Å². The van der Waals surface area contributed by atoms with Crippen LogP contribution in [0.1, 0.15) is 39.5 Å². The lowest BCUT2D eigenvalue weighted by Crippen LogP contribution is -2.33. The highest BCUT2D eigenvalue weighted by atomic mass is 32.2. The van der Waals surface area contributed by atoms with E-state index in [-0.39, 0.29) is 4.75 Å². The molecule has 3 heteroatoms. The van der Waals surface area contributed by atoms with Crippen molar-refractivity contribution in [3.63, 3.8) is 0 Å². The molecule has 0 aromatic heterocycles. The zero-order valence-corrected chi connectivity index (χ0v) is 12.6. The molecule has 0 radical (unpaired) electrons. The van der Waals surface area contributed by atoms with Gasteiger partial charge in [0.1, 0.15) is 0 Å². The third-order valence-electron chi connectivity index (χ3n) is 6.42. The number of allylic oxidation sites excluding steroid dienone is 2. The minimum atomic E-state index is 0.0346. The van der Waals surface area contributed by atoms with Gasteiger partial charge in [0, 0.05) is 16.8 Å². The van der Waals surface area contributed by atoms with Crippen molar-refractivity contribution in [2.24, 2.45) is 41.4 Å². The summed E-state index contributed by atoms with van der Waals surface area (Å²) in [5, 5.41) is 8.70. The molecule has 7 atom stereocenters. The lowest BCUT2D eigenvalue weighted by atomic mass is 9.68. The van der Waals surface area contributed by atoms with Crippen molar-refractivity contribution in [2.75, 3.05) is 0 Å². The normalized spacial score (nSPS) is 50.2. The van der Waals surface area contributed by atoms with Crippen LogP contribution in [0.5, 0.6) is 0 Å². The van der Waals surface area contributed by atoms with Crippen LogP contribution in [0.2, 0.25) is 0 Å². The van der Waals surface area contributed by atoms with Crippen LogP contribution < -0.4 is 0 Å². The van der Waals surface area contributed by atoms with Crippen molar-refractivity contribution < 1.29 is 9.59 Å². The molecule has 19 heavy (non-hydrogen) atoms. The zero-order valence-electron chi connectivity index (χ0n) is 11.8. The van der Waals surface area contributed by atoms with Gasteiger partial charge in [0.2, 0.25) is 0 Å². The first-order valence-electron chi connectivity index (χ1n) is 7.76. The fraction of sp³-hybridized carbons (Fsp3) is 0.875. The molecule has 4 bridgehead atoms. The molecule has 0 aromatic carbocycles. The molecule has 0 amide bonds. The second-order valence-electron chi connectivity index (χ2n) is 7.88. The van der Waals surface area contributed by atoms with Gasteiger partial charge in [0.15, 0.2) is 0 Å². The van der Waals surface area contributed by atoms with Crippen LogP contribution in [0.4, 0.5) is 0 Å². The SMILES string of the molecule is CC(C)(CC1CC2CC1C1C3C=CC(C3)C21)SOO. The van der Waals surface area contributed by atoms with E-state index in [1.54, 1.807) is 0 Å². The fourth-order valence-corrected chi connectivity index (χ4v) is 6.64. The molecule has 4 rings (SSSR count). The Labute approximate surface area is 120 Å². The average molecular weight is 280 g/mol. The first kappa shape index (κ1) is 12.7. The highest BCUT2D eigenvalue weighted by Crippen LogP contribution is 2.67. The van der Waals surface area contributed by atoms with Gasteiger partial charge < -0.3 is 0 Å². The van der Waals surface area contributed by atoms with Crippen molar-refractivity contribution in [1.29, 1.82) is 0 Å². The predicted octanol–water partition coefficient (Wildman–Crippen LogP) is 4.39. The van der Waals surface area contributed by atoms with E-state index >= 15 is 0 Å². The van der Waals surface area contributed by atoms with Crippen LogP contribution in [0.3, 0.4) is 0 Å². The Balaban J connectivity index is 1.49. The Kier molecular flexibility index (Phi) is 2.85. The second kappa shape index (κ2) is 4.25. The quantitative estimate of drug-likeness (QED) is 0.272. The molecule has 7 unspecified atom stereocenters. The predicted molar refractivity (Wildman–Crippen MR) is 77.4 cm³/mol. The molecule has 0 heterocycles. The average Bonchev–Trinajstić information content (AvgIpc) is 3.05. The summed E-state index contributed by atoms with van der Waals surface area (Å²) in [7, 11) is 0. The van der Waals surface area contributed by atoms with E-state index in [1.807, 2.05) is 0 Å². The maximum atomic E-state index is 8.70. The van der Waals surface area contributed by atoms with Crippen LogP contribution in [0.25, 0.3) is 0 Å². The molecule has 4 aliphatic rings. The van der Waals surface area contributed by atoms with Gasteiger partial charge in [-0.1, -0.05) is 12.2 Å². The smallest absolute Gasteiger partial charge is 0.0400 e. The Hall–Kier alpha value is 0.01000. The lowest BCUT2D eigenvalue weighted by Gasteiger charge is -2.39. The first-order chi connectivity index (χ1) is 9.09. The van der Waals surface area contributed by atoms with Crippen LogP contribution in [0, 0.1) is 41.4 Å². The number of hydrogen-bond donors (Lipinski definition) is 1. The van der Waals surface area contributed by atoms with E-state index in [2.05, 4.69) is 30.3 Å². The summed E-state index contributed by atoms with van der Waals surface area (Å²) in [4.78, 5) is 0. The van der Waals surface area contributed by atoms with Gasteiger partial charge in [-0.05, 0) is 81.0 Å². The Morgan fingerprint density at radius 1 is 1.16 bits per heavy atom. The summed E-state index contributed by atoms with van der Waals surface area (Å²) >= 11 is 1.23. The molecule has 0 aromatic rings. The zero-order chi connectivity index (χ0) is 13.2. The second-order valence-corrected chi connectivity index (χ2v) is 9.30. The summed E-state index contributed by atoms with van der Waals surface area (Å²) in [6, 6.07) is 0. The van der Waals surface area contributed by atoms with Gasteiger partial charge in [0.05, 0.1) is 0 Å². The van der Waals surface area contributed by atoms with Gasteiger partial charge in [0.25, 0.3) is 0 Å². The summed E-state index contributed by atoms with van der Waals surface area (Å²) in [6.07, 6.45) is 10.6. The van der Waals surface area contributed by atoms with E-state index < -0.39 is 0 Å². The van der Waals surface area contributed by atoms with Gasteiger partial charge in [-0.2, -0.15) is 4.33 Å². The van der Waals surface area contributed by atoms with Gasteiger partial charge in [-0.15, -0.1) is 0 Å². The molecule has 3 saturated carbocycles. The topological polar surface area (TPSA) is 29.5 Å². The maximum absolute atomic E-state index is 8.70. The van der Waals surface area contributed by atoms with Gasteiger partial charge in [-0.25, -0.2) is 5.26 Å². The molecule has 0 spiro atoms. The molecule has 3 fully saturated rings. The van der Waals surface area contributed by atoms with Crippen molar-refractivity contribution in [1.82, 2.24) is 0 Å². The monoisotopic (exact) mass is 280 g/mol. The summed E-state index contributed by atoms with van der Waals surface area (Å²) in [5.74, 6) is 6.66.